The number of aromatic nitrogens is 3. The Morgan fingerprint density at radius 2 is 2.09 bits per heavy atom. The van der Waals surface area contributed by atoms with Crippen LogP contribution < -0.4 is 0 Å². The molecular formula is C15H20N4O3. The minimum absolute atomic E-state index is 0.152. The first kappa shape index (κ1) is 14.7. The first-order valence-corrected chi connectivity index (χ1v) is 7.54. The van der Waals surface area contributed by atoms with Crippen LogP contribution in [0.1, 0.15) is 47.5 Å². The number of rotatable bonds is 4. The fourth-order valence-electron chi connectivity index (χ4n) is 2.92. The third kappa shape index (κ3) is 2.88. The molecule has 2 aromatic heterocycles. The van der Waals surface area contributed by atoms with E-state index in [9.17, 15) is 4.79 Å². The van der Waals surface area contributed by atoms with E-state index in [1.165, 1.54) is 0 Å². The minimum atomic E-state index is 0.152. The van der Waals surface area contributed by atoms with Crippen molar-refractivity contribution in [3.63, 3.8) is 0 Å². The van der Waals surface area contributed by atoms with E-state index in [0.29, 0.717) is 31.1 Å². The molecule has 22 heavy (non-hydrogen) atoms. The highest BCUT2D eigenvalue weighted by atomic mass is 16.5. The number of carbonyl (C=O) groups excluding carboxylic acids is 1. The number of hydrogen-bond donors (Lipinski definition) is 0. The van der Waals surface area contributed by atoms with Crippen molar-refractivity contribution < 1.29 is 13.8 Å². The molecule has 1 unspecified atom stereocenters. The Kier molecular flexibility index (Phi) is 3.96. The molecule has 0 bridgehead atoms. The van der Waals surface area contributed by atoms with Crippen LogP contribution in [-0.4, -0.2) is 39.2 Å². The first-order valence-electron chi connectivity index (χ1n) is 7.54. The van der Waals surface area contributed by atoms with E-state index in [2.05, 4.69) is 15.3 Å². The average Bonchev–Trinajstić information content (AvgIpc) is 3.19. The largest absolute Gasteiger partial charge is 0.361 e. The first-order chi connectivity index (χ1) is 10.5. The van der Waals surface area contributed by atoms with Crippen molar-refractivity contribution in [1.82, 2.24) is 20.2 Å². The molecule has 1 aliphatic heterocycles. The molecule has 0 saturated carbocycles. The second kappa shape index (κ2) is 5.90. The van der Waals surface area contributed by atoms with Gasteiger partial charge < -0.3 is 13.9 Å². The summed E-state index contributed by atoms with van der Waals surface area (Å²) in [7, 11) is 0. The summed E-state index contributed by atoms with van der Waals surface area (Å²) in [5.74, 6) is 2.38. The highest BCUT2D eigenvalue weighted by Crippen LogP contribution is 2.26. The van der Waals surface area contributed by atoms with E-state index in [1.807, 2.05) is 18.7 Å². The van der Waals surface area contributed by atoms with Gasteiger partial charge in [0.2, 0.25) is 11.8 Å². The lowest BCUT2D eigenvalue weighted by molar-refractivity contribution is -0.130. The average molecular weight is 304 g/mol. The smallest absolute Gasteiger partial charge is 0.231 e. The molecule has 3 rings (SSSR count). The summed E-state index contributed by atoms with van der Waals surface area (Å²) < 4.78 is 10.3. The minimum Gasteiger partial charge on any atom is -0.361 e. The Hall–Kier alpha value is -2.18. The zero-order chi connectivity index (χ0) is 15.7. The Balaban J connectivity index is 1.55. The van der Waals surface area contributed by atoms with Crippen molar-refractivity contribution in [3.05, 3.63) is 28.7 Å². The van der Waals surface area contributed by atoms with E-state index in [4.69, 9.17) is 9.05 Å². The van der Waals surface area contributed by atoms with Gasteiger partial charge in [0.25, 0.3) is 0 Å². The van der Waals surface area contributed by atoms with Gasteiger partial charge in [-0.15, -0.1) is 0 Å². The topological polar surface area (TPSA) is 85.3 Å². The van der Waals surface area contributed by atoms with Crippen molar-refractivity contribution in [2.75, 3.05) is 13.1 Å². The Labute approximate surface area is 128 Å². The van der Waals surface area contributed by atoms with Crippen molar-refractivity contribution >= 4 is 5.91 Å². The van der Waals surface area contributed by atoms with Crippen LogP contribution in [0.2, 0.25) is 0 Å². The summed E-state index contributed by atoms with van der Waals surface area (Å²) in [5.41, 5.74) is 1.91. The quantitative estimate of drug-likeness (QED) is 0.858. The third-order valence-electron chi connectivity index (χ3n) is 4.20. The van der Waals surface area contributed by atoms with Gasteiger partial charge in [0.15, 0.2) is 5.82 Å². The number of aryl methyl sites for hydroxylation is 3. The molecule has 0 aromatic carbocycles. The molecule has 0 spiro atoms. The third-order valence-corrected chi connectivity index (χ3v) is 4.20. The van der Waals surface area contributed by atoms with Crippen LogP contribution in [-0.2, 0) is 11.2 Å². The SMILES string of the molecule is Cc1noc(C2CCN(C(=O)CCc3c(C)noc3C)C2)n1. The maximum Gasteiger partial charge on any atom is 0.231 e. The van der Waals surface area contributed by atoms with Crippen LogP contribution in [0.4, 0.5) is 0 Å². The molecule has 1 atom stereocenters. The van der Waals surface area contributed by atoms with Gasteiger partial charge in [-0.05, 0) is 33.6 Å². The lowest BCUT2D eigenvalue weighted by Crippen LogP contribution is -2.28. The van der Waals surface area contributed by atoms with E-state index in [0.717, 1.165) is 30.0 Å². The van der Waals surface area contributed by atoms with Crippen LogP contribution >= 0.6 is 0 Å². The summed E-state index contributed by atoms with van der Waals surface area (Å²) in [6, 6.07) is 0. The fourth-order valence-corrected chi connectivity index (χ4v) is 2.92. The molecular weight excluding hydrogens is 284 g/mol. The monoisotopic (exact) mass is 304 g/mol. The van der Waals surface area contributed by atoms with Crippen LogP contribution in [0.5, 0.6) is 0 Å². The number of carbonyl (C=O) groups is 1. The molecule has 0 radical (unpaired) electrons. The normalized spacial score (nSPS) is 18.1. The van der Waals surface area contributed by atoms with E-state index < -0.39 is 0 Å². The fraction of sp³-hybridized carbons (Fsp3) is 0.600. The van der Waals surface area contributed by atoms with E-state index in [1.54, 1.807) is 6.92 Å². The zero-order valence-electron chi connectivity index (χ0n) is 13.1. The molecule has 2 aromatic rings. The summed E-state index contributed by atoms with van der Waals surface area (Å²) in [4.78, 5) is 18.5. The van der Waals surface area contributed by atoms with E-state index >= 15 is 0 Å². The highest BCUT2D eigenvalue weighted by Gasteiger charge is 2.30. The lowest BCUT2D eigenvalue weighted by Gasteiger charge is -2.15. The molecule has 7 heteroatoms. The standard InChI is InChI=1S/C15H20N4O3/c1-9-13(10(2)21-17-9)4-5-14(20)19-7-6-12(8-19)15-16-11(3)18-22-15/h12H,4-8H2,1-3H3. The molecule has 0 N–H and O–H groups in total. The van der Waals surface area contributed by atoms with Crippen molar-refractivity contribution in [3.8, 4) is 0 Å². The molecule has 1 aliphatic rings. The van der Waals surface area contributed by atoms with Crippen molar-refractivity contribution in [2.24, 2.45) is 0 Å². The van der Waals surface area contributed by atoms with Gasteiger partial charge in [0, 0.05) is 25.1 Å². The lowest BCUT2D eigenvalue weighted by atomic mass is 10.1. The van der Waals surface area contributed by atoms with Gasteiger partial charge in [0.1, 0.15) is 5.76 Å². The Bertz CT molecular complexity index is 657. The van der Waals surface area contributed by atoms with Crippen LogP contribution in [0.3, 0.4) is 0 Å². The predicted octanol–water partition coefficient (Wildman–Crippen LogP) is 1.93. The summed E-state index contributed by atoms with van der Waals surface area (Å²) in [6.07, 6.45) is 2.01. The molecule has 7 nitrogen and oxygen atoms in total. The van der Waals surface area contributed by atoms with Crippen molar-refractivity contribution in [1.29, 1.82) is 0 Å². The Morgan fingerprint density at radius 1 is 1.27 bits per heavy atom. The van der Waals surface area contributed by atoms with Gasteiger partial charge in [-0.1, -0.05) is 10.3 Å². The van der Waals surface area contributed by atoms with Gasteiger partial charge in [0.05, 0.1) is 11.6 Å². The molecule has 3 heterocycles. The zero-order valence-corrected chi connectivity index (χ0v) is 13.1. The van der Waals surface area contributed by atoms with Gasteiger partial charge in [-0.3, -0.25) is 4.79 Å². The number of likely N-dealkylation sites (tertiary alicyclic amines) is 1. The molecule has 0 aliphatic carbocycles. The molecule has 1 amide bonds. The second-order valence-electron chi connectivity index (χ2n) is 5.81. The maximum atomic E-state index is 12.4. The van der Waals surface area contributed by atoms with Gasteiger partial charge in [-0.2, -0.15) is 4.98 Å². The number of nitrogens with zero attached hydrogens (tertiary/aromatic N) is 4. The highest BCUT2D eigenvalue weighted by molar-refractivity contribution is 5.76. The second-order valence-corrected chi connectivity index (χ2v) is 5.81. The summed E-state index contributed by atoms with van der Waals surface area (Å²) in [6.45, 7) is 6.98. The predicted molar refractivity (Wildman–Crippen MR) is 77.3 cm³/mol. The summed E-state index contributed by atoms with van der Waals surface area (Å²) in [5, 5.41) is 7.73. The van der Waals surface area contributed by atoms with Gasteiger partial charge >= 0.3 is 0 Å². The van der Waals surface area contributed by atoms with E-state index in [-0.39, 0.29) is 11.8 Å². The van der Waals surface area contributed by atoms with Gasteiger partial charge in [-0.25, -0.2) is 0 Å². The van der Waals surface area contributed by atoms with Crippen molar-refractivity contribution in [2.45, 2.75) is 46.0 Å². The van der Waals surface area contributed by atoms with Crippen LogP contribution in [0.25, 0.3) is 0 Å². The van der Waals surface area contributed by atoms with Crippen LogP contribution in [0, 0.1) is 20.8 Å². The molecule has 1 fully saturated rings. The maximum absolute atomic E-state index is 12.4. The molecule has 1 saturated heterocycles. The summed E-state index contributed by atoms with van der Waals surface area (Å²) >= 11 is 0. The number of hydrogen-bond acceptors (Lipinski definition) is 6. The Morgan fingerprint density at radius 3 is 2.73 bits per heavy atom. The molecule has 118 valence electrons. The van der Waals surface area contributed by atoms with Crippen LogP contribution in [0.15, 0.2) is 9.05 Å². The number of amides is 1.